The van der Waals surface area contributed by atoms with Gasteiger partial charge in [-0.3, -0.25) is 4.79 Å². The first kappa shape index (κ1) is 14.9. The Morgan fingerprint density at radius 2 is 2.21 bits per heavy atom. The Labute approximate surface area is 111 Å². The Morgan fingerprint density at radius 1 is 1.53 bits per heavy atom. The number of pyridine rings is 1. The van der Waals surface area contributed by atoms with E-state index in [9.17, 15) is 9.59 Å². The summed E-state index contributed by atoms with van der Waals surface area (Å²) in [5, 5.41) is 11.6. The van der Waals surface area contributed by atoms with Gasteiger partial charge in [0.05, 0.1) is 7.11 Å². The normalized spacial score (nSPS) is 13.4. The van der Waals surface area contributed by atoms with Crippen LogP contribution in [0, 0.1) is 5.92 Å². The van der Waals surface area contributed by atoms with Crippen LogP contribution in [0.2, 0.25) is 0 Å². The third-order valence-corrected chi connectivity index (χ3v) is 2.97. The highest BCUT2D eigenvalue weighted by Gasteiger charge is 2.26. The van der Waals surface area contributed by atoms with Crippen LogP contribution in [0.15, 0.2) is 18.3 Å². The SMILES string of the molecule is CCC(C)[C@H](NC(=O)c1cccnc1OC)C(=O)O. The van der Waals surface area contributed by atoms with Crippen molar-refractivity contribution in [2.75, 3.05) is 7.11 Å². The van der Waals surface area contributed by atoms with Gasteiger partial charge in [0.25, 0.3) is 5.91 Å². The second-order valence-electron chi connectivity index (χ2n) is 4.24. The molecule has 1 aromatic heterocycles. The fraction of sp³-hybridized carbons (Fsp3) is 0.462. The lowest BCUT2D eigenvalue weighted by Crippen LogP contribution is -2.45. The van der Waals surface area contributed by atoms with Crippen LogP contribution in [-0.4, -0.2) is 35.1 Å². The summed E-state index contributed by atoms with van der Waals surface area (Å²) in [6.45, 7) is 3.65. The van der Waals surface area contributed by atoms with Crippen LogP contribution in [0.4, 0.5) is 0 Å². The highest BCUT2D eigenvalue weighted by molar-refractivity contribution is 5.98. The minimum Gasteiger partial charge on any atom is -0.480 e. The molecule has 19 heavy (non-hydrogen) atoms. The molecule has 1 amide bonds. The van der Waals surface area contributed by atoms with Gasteiger partial charge in [-0.05, 0) is 18.1 Å². The maximum absolute atomic E-state index is 12.1. The Kier molecular flexibility index (Phi) is 5.29. The third-order valence-electron chi connectivity index (χ3n) is 2.97. The van der Waals surface area contributed by atoms with E-state index in [0.29, 0.717) is 6.42 Å². The predicted octanol–water partition coefficient (Wildman–Crippen LogP) is 1.32. The van der Waals surface area contributed by atoms with Crippen molar-refractivity contribution in [2.45, 2.75) is 26.3 Å². The van der Waals surface area contributed by atoms with Crippen LogP contribution in [0.25, 0.3) is 0 Å². The summed E-state index contributed by atoms with van der Waals surface area (Å²) in [5.74, 6) is -1.54. The zero-order chi connectivity index (χ0) is 14.4. The van der Waals surface area contributed by atoms with Crippen molar-refractivity contribution >= 4 is 11.9 Å². The predicted molar refractivity (Wildman–Crippen MR) is 69.1 cm³/mol. The van der Waals surface area contributed by atoms with E-state index < -0.39 is 17.9 Å². The number of carboxylic acids is 1. The summed E-state index contributed by atoms with van der Waals surface area (Å²) < 4.78 is 4.98. The number of aromatic nitrogens is 1. The summed E-state index contributed by atoms with van der Waals surface area (Å²) in [6.07, 6.45) is 2.15. The van der Waals surface area contributed by atoms with Gasteiger partial charge < -0.3 is 15.2 Å². The molecule has 2 N–H and O–H groups in total. The number of nitrogens with zero attached hydrogens (tertiary/aromatic N) is 1. The molecule has 1 rings (SSSR count). The van der Waals surface area contributed by atoms with Crippen molar-refractivity contribution in [1.82, 2.24) is 10.3 Å². The first-order chi connectivity index (χ1) is 9.01. The number of carbonyl (C=O) groups is 2. The van der Waals surface area contributed by atoms with E-state index in [-0.39, 0.29) is 17.4 Å². The highest BCUT2D eigenvalue weighted by Crippen LogP contribution is 2.15. The number of carboxylic acid groups (broad SMARTS) is 1. The lowest BCUT2D eigenvalue weighted by atomic mass is 9.99. The van der Waals surface area contributed by atoms with Gasteiger partial charge in [0.2, 0.25) is 5.88 Å². The minimum absolute atomic E-state index is 0.163. The topological polar surface area (TPSA) is 88.5 Å². The number of amides is 1. The molecule has 6 nitrogen and oxygen atoms in total. The summed E-state index contributed by atoms with van der Waals surface area (Å²) in [7, 11) is 1.41. The number of carbonyl (C=O) groups excluding carboxylic acids is 1. The molecule has 2 atom stereocenters. The molecule has 6 heteroatoms. The van der Waals surface area contributed by atoms with Gasteiger partial charge in [-0.1, -0.05) is 20.3 Å². The first-order valence-electron chi connectivity index (χ1n) is 6.03. The van der Waals surface area contributed by atoms with Gasteiger partial charge in [-0.25, -0.2) is 9.78 Å². The molecule has 0 saturated heterocycles. The summed E-state index contributed by atoms with van der Waals surface area (Å²) in [5.41, 5.74) is 0.222. The molecule has 0 aromatic carbocycles. The lowest BCUT2D eigenvalue weighted by Gasteiger charge is -2.20. The molecule has 0 fully saturated rings. The number of hydrogen-bond acceptors (Lipinski definition) is 4. The number of methoxy groups -OCH3 is 1. The maximum atomic E-state index is 12.1. The fourth-order valence-corrected chi connectivity index (χ4v) is 1.63. The molecule has 0 aliphatic heterocycles. The molecule has 0 bridgehead atoms. The molecule has 0 spiro atoms. The molecule has 1 unspecified atom stereocenters. The first-order valence-corrected chi connectivity index (χ1v) is 6.03. The van der Waals surface area contributed by atoms with Gasteiger partial charge in [0, 0.05) is 6.20 Å². The minimum atomic E-state index is -1.05. The Morgan fingerprint density at radius 3 is 2.74 bits per heavy atom. The van der Waals surface area contributed by atoms with E-state index >= 15 is 0 Å². The maximum Gasteiger partial charge on any atom is 0.326 e. The van der Waals surface area contributed by atoms with Crippen LogP contribution in [0.3, 0.4) is 0 Å². The summed E-state index contributed by atoms with van der Waals surface area (Å²) in [4.78, 5) is 27.1. The van der Waals surface area contributed by atoms with Gasteiger partial charge in [0.1, 0.15) is 11.6 Å². The van der Waals surface area contributed by atoms with Crippen molar-refractivity contribution in [2.24, 2.45) is 5.92 Å². The Balaban J connectivity index is 2.91. The van der Waals surface area contributed by atoms with Gasteiger partial charge in [-0.15, -0.1) is 0 Å². The van der Waals surface area contributed by atoms with Crippen LogP contribution in [0.5, 0.6) is 5.88 Å². The quantitative estimate of drug-likeness (QED) is 0.810. The monoisotopic (exact) mass is 266 g/mol. The summed E-state index contributed by atoms with van der Waals surface area (Å²) in [6, 6.07) is 2.20. The van der Waals surface area contributed by atoms with Crippen LogP contribution >= 0.6 is 0 Å². The standard InChI is InChI=1S/C13H18N2O4/c1-4-8(2)10(13(17)18)15-11(16)9-6-5-7-14-12(9)19-3/h5-8,10H,4H2,1-3H3,(H,15,16)(H,17,18)/t8?,10-/m0/s1. The van der Waals surface area contributed by atoms with Crippen LogP contribution in [-0.2, 0) is 4.79 Å². The highest BCUT2D eigenvalue weighted by atomic mass is 16.5. The number of nitrogens with one attached hydrogen (secondary N) is 1. The lowest BCUT2D eigenvalue weighted by molar-refractivity contribution is -0.140. The molecule has 0 aliphatic rings. The number of rotatable bonds is 6. The molecule has 1 aromatic rings. The van der Waals surface area contributed by atoms with E-state index in [1.807, 2.05) is 6.92 Å². The molecular weight excluding hydrogens is 248 g/mol. The van der Waals surface area contributed by atoms with E-state index in [0.717, 1.165) is 0 Å². The molecular formula is C13H18N2O4. The van der Waals surface area contributed by atoms with Crippen molar-refractivity contribution < 1.29 is 19.4 Å². The number of ether oxygens (including phenoxy) is 1. The average molecular weight is 266 g/mol. The van der Waals surface area contributed by atoms with Crippen molar-refractivity contribution in [1.29, 1.82) is 0 Å². The largest absolute Gasteiger partial charge is 0.480 e. The van der Waals surface area contributed by atoms with Crippen molar-refractivity contribution in [3.8, 4) is 5.88 Å². The average Bonchev–Trinajstić information content (AvgIpc) is 2.43. The second kappa shape index (κ2) is 6.72. The fourth-order valence-electron chi connectivity index (χ4n) is 1.63. The Hall–Kier alpha value is -2.11. The molecule has 0 aliphatic carbocycles. The smallest absolute Gasteiger partial charge is 0.326 e. The van der Waals surface area contributed by atoms with Crippen LogP contribution in [0.1, 0.15) is 30.6 Å². The van der Waals surface area contributed by atoms with E-state index in [2.05, 4.69) is 10.3 Å². The molecule has 0 saturated carbocycles. The molecule has 0 radical (unpaired) electrons. The zero-order valence-electron chi connectivity index (χ0n) is 11.2. The van der Waals surface area contributed by atoms with Crippen molar-refractivity contribution in [3.63, 3.8) is 0 Å². The third kappa shape index (κ3) is 3.67. The van der Waals surface area contributed by atoms with E-state index in [1.165, 1.54) is 19.4 Å². The Bertz CT molecular complexity index is 462. The number of aliphatic carboxylic acids is 1. The molecule has 104 valence electrons. The van der Waals surface area contributed by atoms with Crippen LogP contribution < -0.4 is 10.1 Å². The van der Waals surface area contributed by atoms with Gasteiger partial charge in [0.15, 0.2) is 0 Å². The van der Waals surface area contributed by atoms with Gasteiger partial charge >= 0.3 is 5.97 Å². The second-order valence-corrected chi connectivity index (χ2v) is 4.24. The van der Waals surface area contributed by atoms with Gasteiger partial charge in [-0.2, -0.15) is 0 Å². The number of hydrogen-bond donors (Lipinski definition) is 2. The van der Waals surface area contributed by atoms with E-state index in [1.54, 1.807) is 13.0 Å². The summed E-state index contributed by atoms with van der Waals surface area (Å²) >= 11 is 0. The zero-order valence-corrected chi connectivity index (χ0v) is 11.2. The molecule has 1 heterocycles. The van der Waals surface area contributed by atoms with E-state index in [4.69, 9.17) is 9.84 Å². The van der Waals surface area contributed by atoms with Crippen molar-refractivity contribution in [3.05, 3.63) is 23.9 Å².